The van der Waals surface area contributed by atoms with Crippen LogP contribution in [-0.4, -0.2) is 48.4 Å². The van der Waals surface area contributed by atoms with Crippen LogP contribution in [0.4, 0.5) is 4.79 Å². The summed E-state index contributed by atoms with van der Waals surface area (Å²) in [7, 11) is -4.07. The third-order valence-electron chi connectivity index (χ3n) is 4.48. The fraction of sp³-hybridized carbons (Fsp3) is 0.474. The molecule has 0 aromatic heterocycles. The van der Waals surface area contributed by atoms with Gasteiger partial charge in [0.1, 0.15) is 12.1 Å². The Hall–Kier alpha value is -1.87. The van der Waals surface area contributed by atoms with Gasteiger partial charge in [0.05, 0.1) is 11.5 Å². The van der Waals surface area contributed by atoms with Crippen LogP contribution in [0.3, 0.4) is 0 Å². The minimum atomic E-state index is -4.07. The van der Waals surface area contributed by atoms with E-state index in [4.69, 9.17) is 9.47 Å². The number of ether oxygens (including phenoxy) is 2. The van der Waals surface area contributed by atoms with Crippen molar-refractivity contribution in [3.05, 3.63) is 42.0 Å². The molecule has 1 aliphatic heterocycles. The summed E-state index contributed by atoms with van der Waals surface area (Å²) < 4.78 is 36.9. The number of hydrogen-bond donors (Lipinski definition) is 0. The number of halogens is 1. The van der Waals surface area contributed by atoms with Crippen LogP contribution in [0.25, 0.3) is 0 Å². The minimum Gasteiger partial charge on any atom is -0.463 e. The molecule has 1 aromatic carbocycles. The van der Waals surface area contributed by atoms with Gasteiger partial charge in [-0.3, -0.25) is 0 Å². The Bertz CT molecular complexity index is 852. The molecule has 0 radical (unpaired) electrons. The van der Waals surface area contributed by atoms with Gasteiger partial charge in [0.15, 0.2) is 0 Å². The lowest BCUT2D eigenvalue weighted by Gasteiger charge is -2.35. The Morgan fingerprint density at radius 3 is 2.64 bits per heavy atom. The first-order valence-corrected chi connectivity index (χ1v) is 11.2. The maximum atomic E-state index is 13.1. The highest BCUT2D eigenvalue weighted by Gasteiger charge is 2.54. The zero-order valence-corrected chi connectivity index (χ0v) is 18.5. The highest BCUT2D eigenvalue weighted by Crippen LogP contribution is 2.38. The number of carbonyl (C=O) groups excluding carboxylic acids is 2. The quantitative estimate of drug-likeness (QED) is 0.325. The summed E-state index contributed by atoms with van der Waals surface area (Å²) in [6.07, 6.45) is 3.09. The van der Waals surface area contributed by atoms with Crippen molar-refractivity contribution < 1.29 is 27.5 Å². The molecule has 28 heavy (non-hydrogen) atoms. The zero-order chi connectivity index (χ0) is 20.9. The molecule has 1 aromatic rings. The molecule has 0 N–H and O–H groups in total. The molecule has 0 aliphatic carbocycles. The number of alkyl halides is 1. The summed E-state index contributed by atoms with van der Waals surface area (Å²) in [5, 5.41) is 0. The molecule has 9 heteroatoms. The Kier molecular flexibility index (Phi) is 7.28. The molecule has 1 heterocycles. The molecule has 1 fully saturated rings. The van der Waals surface area contributed by atoms with Crippen LogP contribution in [-0.2, 0) is 24.3 Å². The molecule has 2 rings (SSSR count). The number of amides is 1. The van der Waals surface area contributed by atoms with Gasteiger partial charge < -0.3 is 9.47 Å². The molecule has 1 saturated heterocycles. The summed E-state index contributed by atoms with van der Waals surface area (Å²) in [5.41, 5.74) is -0.184. The molecule has 7 nitrogen and oxygen atoms in total. The topological polar surface area (TPSA) is 90.0 Å². The lowest BCUT2D eigenvalue weighted by Crippen LogP contribution is -2.53. The summed E-state index contributed by atoms with van der Waals surface area (Å²) >= 11 is 3.51. The van der Waals surface area contributed by atoms with Crippen molar-refractivity contribution in [1.29, 1.82) is 0 Å². The van der Waals surface area contributed by atoms with E-state index in [-0.39, 0.29) is 16.3 Å². The summed E-state index contributed by atoms with van der Waals surface area (Å²) in [6.45, 7) is 5.48. The number of esters is 1. The molecule has 1 aliphatic rings. The van der Waals surface area contributed by atoms with Crippen LogP contribution in [0.2, 0.25) is 0 Å². The monoisotopic (exact) mass is 473 g/mol. The smallest absolute Gasteiger partial charge is 0.424 e. The third-order valence-corrected chi connectivity index (χ3v) is 7.84. The first-order chi connectivity index (χ1) is 13.1. The number of aryl methyl sites for hydroxylation is 1. The van der Waals surface area contributed by atoms with Crippen molar-refractivity contribution in [3.8, 4) is 0 Å². The molecular weight excluding hydrogens is 450 g/mol. The number of nitrogens with zero attached hydrogens (tertiary/aromatic N) is 1. The van der Waals surface area contributed by atoms with Gasteiger partial charge in [-0.15, -0.1) is 0 Å². The molecule has 154 valence electrons. The molecule has 0 bridgehead atoms. The molecular formula is C19H24BrNO6S. The fourth-order valence-electron chi connectivity index (χ4n) is 2.86. The Labute approximate surface area is 173 Å². The van der Waals surface area contributed by atoms with E-state index in [2.05, 4.69) is 15.9 Å². The number of allylic oxidation sites excluding steroid dienone is 1. The van der Waals surface area contributed by atoms with Crippen molar-refractivity contribution in [1.82, 2.24) is 4.31 Å². The first-order valence-electron chi connectivity index (χ1n) is 8.89. The van der Waals surface area contributed by atoms with Gasteiger partial charge in [-0.05, 0) is 45.7 Å². The first kappa shape index (κ1) is 22.4. The van der Waals surface area contributed by atoms with Crippen molar-refractivity contribution in [3.63, 3.8) is 0 Å². The normalized spacial score (nSPS) is 21.0. The van der Waals surface area contributed by atoms with Crippen molar-refractivity contribution in [2.75, 3.05) is 13.2 Å². The van der Waals surface area contributed by atoms with Gasteiger partial charge in [0.25, 0.3) is 10.0 Å². The van der Waals surface area contributed by atoms with E-state index in [1.807, 2.05) is 6.92 Å². The van der Waals surface area contributed by atoms with E-state index >= 15 is 0 Å². The van der Waals surface area contributed by atoms with Gasteiger partial charge in [0.2, 0.25) is 0 Å². The number of carbonyl (C=O) groups is 2. The van der Waals surface area contributed by atoms with E-state index < -0.39 is 27.6 Å². The minimum absolute atomic E-state index is 0.0325. The average Bonchev–Trinajstić information content (AvgIpc) is 2.95. The molecule has 1 amide bonds. The van der Waals surface area contributed by atoms with E-state index in [9.17, 15) is 18.0 Å². The van der Waals surface area contributed by atoms with E-state index in [1.54, 1.807) is 32.1 Å². The van der Waals surface area contributed by atoms with Crippen LogP contribution < -0.4 is 0 Å². The second-order valence-electron chi connectivity index (χ2n) is 6.69. The van der Waals surface area contributed by atoms with Crippen LogP contribution in [0.5, 0.6) is 0 Å². The van der Waals surface area contributed by atoms with Crippen molar-refractivity contribution in [2.45, 2.75) is 48.9 Å². The lowest BCUT2D eigenvalue weighted by molar-refractivity contribution is -0.137. The van der Waals surface area contributed by atoms with Gasteiger partial charge >= 0.3 is 12.1 Å². The second-order valence-corrected chi connectivity index (χ2v) is 9.59. The van der Waals surface area contributed by atoms with Gasteiger partial charge in [-0.1, -0.05) is 39.7 Å². The van der Waals surface area contributed by atoms with Crippen LogP contribution in [0.1, 0.15) is 32.3 Å². The number of benzene rings is 1. The van der Waals surface area contributed by atoms with Crippen molar-refractivity contribution >= 4 is 38.0 Å². The maximum absolute atomic E-state index is 13.1. The summed E-state index contributed by atoms with van der Waals surface area (Å²) in [5.74, 6) is -0.428. The van der Waals surface area contributed by atoms with Gasteiger partial charge in [0, 0.05) is 10.9 Å². The second kappa shape index (κ2) is 9.09. The zero-order valence-electron chi connectivity index (χ0n) is 16.1. The van der Waals surface area contributed by atoms with Gasteiger partial charge in [-0.25, -0.2) is 18.0 Å². The Morgan fingerprint density at radius 1 is 1.39 bits per heavy atom. The number of sulfonamides is 1. The predicted octanol–water partition coefficient (Wildman–Crippen LogP) is 3.56. The van der Waals surface area contributed by atoms with Crippen LogP contribution in [0, 0.1) is 6.92 Å². The lowest BCUT2D eigenvalue weighted by atomic mass is 9.96. The summed E-state index contributed by atoms with van der Waals surface area (Å²) in [4.78, 5) is 23.3. The van der Waals surface area contributed by atoms with E-state index in [0.717, 1.165) is 9.87 Å². The highest BCUT2D eigenvalue weighted by molar-refractivity contribution is 9.09. The maximum Gasteiger partial charge on any atom is 0.424 e. The molecule has 1 unspecified atom stereocenters. The predicted molar refractivity (Wildman–Crippen MR) is 108 cm³/mol. The third kappa shape index (κ3) is 4.75. The van der Waals surface area contributed by atoms with Crippen molar-refractivity contribution in [2.24, 2.45) is 0 Å². The van der Waals surface area contributed by atoms with Crippen LogP contribution in [0.15, 0.2) is 41.3 Å². The largest absolute Gasteiger partial charge is 0.463 e. The SMILES string of the molecule is CCOC(=O)/C=C/CC[C@@H](Br)C1(C)COC(=O)N1S(=O)(=O)c1ccc(C)cc1. The fourth-order valence-corrected chi connectivity index (χ4v) is 5.27. The number of cyclic esters (lactones) is 1. The molecule has 0 saturated carbocycles. The van der Waals surface area contributed by atoms with E-state index in [0.29, 0.717) is 19.4 Å². The summed E-state index contributed by atoms with van der Waals surface area (Å²) in [6, 6.07) is 6.30. The van der Waals surface area contributed by atoms with Crippen LogP contribution >= 0.6 is 15.9 Å². The molecule has 0 spiro atoms. The van der Waals surface area contributed by atoms with Gasteiger partial charge in [-0.2, -0.15) is 4.31 Å². The molecule has 2 atom stereocenters. The number of hydrogen-bond acceptors (Lipinski definition) is 6. The highest BCUT2D eigenvalue weighted by atomic mass is 79.9. The number of rotatable bonds is 8. The Morgan fingerprint density at radius 2 is 2.04 bits per heavy atom. The Balaban J connectivity index is 2.18. The standard InChI is InChI=1S/C19H24BrNO6S/c1-4-26-17(22)8-6-5-7-16(20)19(3)13-27-18(23)21(19)28(24,25)15-11-9-14(2)10-12-15/h6,8-12,16H,4-5,7,13H2,1-3H3/b8-6+/t16-,19?/m1/s1. The van der Waals surface area contributed by atoms with E-state index in [1.165, 1.54) is 18.2 Å². The average molecular weight is 474 g/mol.